The molecular weight excluding hydrogens is 397 g/mol. The maximum absolute atomic E-state index is 13.4. The molecule has 1 amide bonds. The summed E-state index contributed by atoms with van der Waals surface area (Å²) in [5.41, 5.74) is 0.775. The molecule has 29 heavy (non-hydrogen) atoms. The predicted octanol–water partition coefficient (Wildman–Crippen LogP) is 4.20. The summed E-state index contributed by atoms with van der Waals surface area (Å²) in [5.74, 6) is -0.318. The van der Waals surface area contributed by atoms with Gasteiger partial charge in [0.05, 0.1) is 11.4 Å². The number of benzene rings is 2. The molecule has 5 nitrogen and oxygen atoms in total. The van der Waals surface area contributed by atoms with Crippen LogP contribution in [0.3, 0.4) is 0 Å². The number of nitrogens with one attached hydrogen (secondary N) is 1. The monoisotopic (exact) mass is 417 g/mol. The van der Waals surface area contributed by atoms with Crippen molar-refractivity contribution in [2.24, 2.45) is 5.41 Å². The van der Waals surface area contributed by atoms with E-state index in [1.54, 1.807) is 12.1 Å². The number of carbonyl (C=O) groups excluding carboxylic acids is 2. The second-order valence-corrected chi connectivity index (χ2v) is 8.59. The molecule has 2 aromatic rings. The third kappa shape index (κ3) is 4.22. The lowest BCUT2D eigenvalue weighted by molar-refractivity contribution is -0.178. The molecule has 0 atom stereocenters. The Morgan fingerprint density at radius 1 is 1.10 bits per heavy atom. The second kappa shape index (κ2) is 7.34. The molecule has 0 unspecified atom stereocenters. The molecule has 0 saturated heterocycles. The van der Waals surface area contributed by atoms with Crippen molar-refractivity contribution in [1.82, 2.24) is 5.32 Å². The summed E-state index contributed by atoms with van der Waals surface area (Å²) in [4.78, 5) is 24.3. The quantitative estimate of drug-likeness (QED) is 0.541. The smallest absolute Gasteiger partial charge is 0.311 e. The minimum Gasteiger partial charge on any atom is -0.484 e. The van der Waals surface area contributed by atoms with Crippen LogP contribution in [0.1, 0.15) is 31.2 Å². The first-order valence-corrected chi connectivity index (χ1v) is 9.81. The van der Waals surface area contributed by atoms with E-state index < -0.39 is 5.82 Å². The number of ether oxygens (including phenoxy) is 2. The Bertz CT molecular complexity index is 940. The Morgan fingerprint density at radius 2 is 1.76 bits per heavy atom. The van der Waals surface area contributed by atoms with Crippen LogP contribution in [0.15, 0.2) is 42.5 Å². The molecule has 152 valence electrons. The lowest BCUT2D eigenvalue weighted by Gasteiger charge is -2.70. The van der Waals surface area contributed by atoms with Gasteiger partial charge in [0, 0.05) is 11.6 Å². The van der Waals surface area contributed by atoms with E-state index in [1.807, 2.05) is 19.1 Å². The van der Waals surface area contributed by atoms with Gasteiger partial charge in [0.1, 0.15) is 17.3 Å². The summed E-state index contributed by atoms with van der Waals surface area (Å²) in [7, 11) is 0. The molecule has 1 N–H and O–H groups in total. The van der Waals surface area contributed by atoms with Crippen molar-refractivity contribution in [3.63, 3.8) is 0 Å². The molecule has 0 heterocycles. The van der Waals surface area contributed by atoms with Crippen LogP contribution >= 0.6 is 11.6 Å². The van der Waals surface area contributed by atoms with Gasteiger partial charge >= 0.3 is 5.97 Å². The van der Waals surface area contributed by atoms with Gasteiger partial charge in [-0.25, -0.2) is 4.39 Å². The molecule has 0 spiro atoms. The third-order valence-corrected chi connectivity index (χ3v) is 5.88. The van der Waals surface area contributed by atoms with Crippen LogP contribution < -0.4 is 14.8 Å². The van der Waals surface area contributed by atoms with Gasteiger partial charge in [-0.3, -0.25) is 9.59 Å². The van der Waals surface area contributed by atoms with Crippen molar-refractivity contribution < 1.29 is 23.5 Å². The van der Waals surface area contributed by atoms with E-state index >= 15 is 0 Å². The molecule has 2 bridgehead atoms. The van der Waals surface area contributed by atoms with Crippen LogP contribution in [0.25, 0.3) is 0 Å². The molecule has 3 saturated carbocycles. The zero-order valence-electron chi connectivity index (χ0n) is 16.0. The number of esters is 1. The van der Waals surface area contributed by atoms with Gasteiger partial charge in [0.25, 0.3) is 5.91 Å². The van der Waals surface area contributed by atoms with Crippen molar-refractivity contribution in [1.29, 1.82) is 0 Å². The van der Waals surface area contributed by atoms with E-state index in [4.69, 9.17) is 21.1 Å². The van der Waals surface area contributed by atoms with Gasteiger partial charge in [0.2, 0.25) is 0 Å². The summed E-state index contributed by atoms with van der Waals surface area (Å²) < 4.78 is 24.1. The summed E-state index contributed by atoms with van der Waals surface area (Å²) >= 11 is 5.62. The molecule has 3 aliphatic rings. The van der Waals surface area contributed by atoms with E-state index in [-0.39, 0.29) is 40.2 Å². The first-order valence-electron chi connectivity index (χ1n) is 9.43. The Morgan fingerprint density at radius 3 is 2.41 bits per heavy atom. The van der Waals surface area contributed by atoms with E-state index in [2.05, 4.69) is 5.32 Å². The number of carbonyl (C=O) groups is 2. The molecule has 0 aromatic heterocycles. The molecule has 2 aromatic carbocycles. The Kier molecular flexibility index (Phi) is 4.99. The van der Waals surface area contributed by atoms with Gasteiger partial charge in [-0.2, -0.15) is 0 Å². The zero-order chi connectivity index (χ0) is 20.6. The highest BCUT2D eigenvalue weighted by molar-refractivity contribution is 6.30. The fourth-order valence-electron chi connectivity index (χ4n) is 4.45. The summed E-state index contributed by atoms with van der Waals surface area (Å²) in [6.45, 7) is 1.77. The average molecular weight is 418 g/mol. The second-order valence-electron chi connectivity index (χ2n) is 8.19. The lowest BCUT2D eigenvalue weighted by atomic mass is 9.38. The fourth-order valence-corrected chi connectivity index (χ4v) is 4.56. The van der Waals surface area contributed by atoms with E-state index in [9.17, 15) is 14.0 Å². The average Bonchev–Trinajstić information content (AvgIpc) is 2.62. The number of hydrogen-bond donors (Lipinski definition) is 1. The maximum atomic E-state index is 13.4. The lowest BCUT2D eigenvalue weighted by Crippen LogP contribution is -2.75. The Balaban J connectivity index is 1.20. The molecule has 0 radical (unpaired) electrons. The van der Waals surface area contributed by atoms with E-state index in [0.717, 1.165) is 30.9 Å². The van der Waals surface area contributed by atoms with Crippen LogP contribution in [0, 0.1) is 18.2 Å². The Hall–Kier alpha value is -2.60. The highest BCUT2D eigenvalue weighted by Crippen LogP contribution is 2.69. The van der Waals surface area contributed by atoms with Crippen LogP contribution in [0.5, 0.6) is 11.5 Å². The summed E-state index contributed by atoms with van der Waals surface area (Å²) in [6.07, 6.45) is 2.61. The zero-order valence-corrected chi connectivity index (χ0v) is 16.7. The fraction of sp³-hybridized carbons (Fsp3) is 0.364. The maximum Gasteiger partial charge on any atom is 0.311 e. The van der Waals surface area contributed by atoms with Crippen LogP contribution in [-0.4, -0.2) is 24.0 Å². The van der Waals surface area contributed by atoms with Gasteiger partial charge in [-0.05, 0) is 55.9 Å². The largest absolute Gasteiger partial charge is 0.484 e. The number of aryl methyl sites for hydroxylation is 1. The number of hydrogen-bond acceptors (Lipinski definition) is 4. The highest BCUT2D eigenvalue weighted by Gasteiger charge is 2.68. The highest BCUT2D eigenvalue weighted by atomic mass is 35.5. The summed E-state index contributed by atoms with van der Waals surface area (Å²) in [5, 5.41) is 2.97. The van der Waals surface area contributed by atoms with Gasteiger partial charge in [-0.15, -0.1) is 0 Å². The number of rotatable bonds is 7. The molecule has 7 heteroatoms. The van der Waals surface area contributed by atoms with Crippen molar-refractivity contribution >= 4 is 23.5 Å². The first kappa shape index (κ1) is 19.7. The van der Waals surface area contributed by atoms with Crippen LogP contribution in [-0.2, 0) is 9.59 Å². The van der Waals surface area contributed by atoms with Crippen molar-refractivity contribution in [2.45, 2.75) is 38.1 Å². The van der Waals surface area contributed by atoms with Gasteiger partial charge < -0.3 is 14.8 Å². The van der Waals surface area contributed by atoms with Gasteiger partial charge in [-0.1, -0.05) is 29.3 Å². The van der Waals surface area contributed by atoms with Crippen LogP contribution in [0.4, 0.5) is 4.39 Å². The first-order chi connectivity index (χ1) is 13.8. The molecule has 3 aliphatic carbocycles. The minimum atomic E-state index is -0.594. The Labute approximate surface area is 173 Å². The number of amides is 1. The molecule has 0 aliphatic heterocycles. The molecule has 3 fully saturated rings. The van der Waals surface area contributed by atoms with Crippen molar-refractivity contribution in [3.05, 3.63) is 58.9 Å². The van der Waals surface area contributed by atoms with E-state index in [0.29, 0.717) is 12.2 Å². The standard InChI is InChI=1S/C22H21ClFNO4/c1-14-2-4-15(5-3-14)29-20(27)9-21-11-22(12-21,13-21)25-19(26)10-28-16-6-7-17(23)18(24)8-16/h2-8H,9-13H2,1H3,(H,25,26). The van der Waals surface area contributed by atoms with E-state index in [1.165, 1.54) is 12.1 Å². The topological polar surface area (TPSA) is 64.6 Å². The van der Waals surface area contributed by atoms with Gasteiger partial charge in [0.15, 0.2) is 6.61 Å². The normalized spacial score (nSPS) is 24.1. The van der Waals surface area contributed by atoms with Crippen molar-refractivity contribution in [3.8, 4) is 11.5 Å². The minimum absolute atomic E-state index is 0.00173. The molecule has 5 rings (SSSR count). The van der Waals surface area contributed by atoms with Crippen molar-refractivity contribution in [2.75, 3.05) is 6.61 Å². The van der Waals surface area contributed by atoms with Crippen LogP contribution in [0.2, 0.25) is 5.02 Å². The summed E-state index contributed by atoms with van der Waals surface area (Å²) in [6, 6.07) is 11.4. The third-order valence-electron chi connectivity index (χ3n) is 5.58. The SMILES string of the molecule is Cc1ccc(OC(=O)CC23CC(NC(=O)COc4ccc(Cl)c(F)c4)(C2)C3)cc1. The predicted molar refractivity (Wildman–Crippen MR) is 105 cm³/mol. The number of halogens is 2. The molecular formula is C22H21ClFNO4.